The summed E-state index contributed by atoms with van der Waals surface area (Å²) in [7, 11) is -2.47. The van der Waals surface area contributed by atoms with Crippen molar-refractivity contribution in [1.82, 2.24) is 4.90 Å². The minimum Gasteiger partial charge on any atom is -0.493 e. The number of benzene rings is 1. The van der Waals surface area contributed by atoms with E-state index < -0.39 is 15.3 Å². The number of carbonyl (C=O) groups is 1. The molecule has 0 saturated carbocycles. The smallest absolute Gasteiger partial charge is 0.222 e. The zero-order chi connectivity index (χ0) is 18.6. The maximum Gasteiger partial charge on any atom is 0.222 e. The van der Waals surface area contributed by atoms with Crippen LogP contribution < -0.4 is 4.74 Å². The summed E-state index contributed by atoms with van der Waals surface area (Å²) >= 11 is 0. The van der Waals surface area contributed by atoms with Crippen LogP contribution in [0.4, 0.5) is 4.39 Å². The van der Waals surface area contributed by atoms with Crippen LogP contribution >= 0.6 is 0 Å². The van der Waals surface area contributed by atoms with Crippen LogP contribution in [0, 0.1) is 10.6 Å². The van der Waals surface area contributed by atoms with Gasteiger partial charge in [-0.2, -0.15) is 0 Å². The van der Waals surface area contributed by atoms with Gasteiger partial charge in [0, 0.05) is 46.8 Å². The van der Waals surface area contributed by atoms with Gasteiger partial charge in [-0.3, -0.25) is 9.57 Å². The van der Waals surface area contributed by atoms with Crippen LogP contribution in [-0.2, 0) is 19.3 Å². The van der Waals surface area contributed by atoms with Crippen molar-refractivity contribution in [3.8, 4) is 5.75 Å². The third kappa shape index (κ3) is 4.94. The normalized spacial score (nSPS) is 28.9. The first-order valence-corrected chi connectivity index (χ1v) is 10.8. The minimum absolute atomic E-state index is 0.0488. The first kappa shape index (κ1) is 19.1. The summed E-state index contributed by atoms with van der Waals surface area (Å²) in [5.41, 5.74) is -0.437. The molecule has 1 aromatic rings. The summed E-state index contributed by atoms with van der Waals surface area (Å²) in [4.78, 5) is 14.3. The molecule has 2 fully saturated rings. The van der Waals surface area contributed by atoms with Crippen LogP contribution in [0.3, 0.4) is 0 Å². The quantitative estimate of drug-likeness (QED) is 0.791. The lowest BCUT2D eigenvalue weighted by molar-refractivity contribution is -0.152. The van der Waals surface area contributed by atoms with Crippen molar-refractivity contribution in [2.75, 3.05) is 37.8 Å². The van der Waals surface area contributed by atoms with E-state index >= 15 is 0 Å². The molecule has 26 heavy (non-hydrogen) atoms. The number of halogens is 1. The van der Waals surface area contributed by atoms with Gasteiger partial charge in [-0.05, 0) is 31.4 Å². The van der Waals surface area contributed by atoms with Gasteiger partial charge in [0.1, 0.15) is 11.6 Å². The molecule has 1 amide bonds. The molecule has 0 bridgehead atoms. The largest absolute Gasteiger partial charge is 0.493 e. The highest BCUT2D eigenvalue weighted by Crippen LogP contribution is 2.31. The van der Waals surface area contributed by atoms with E-state index in [2.05, 4.69) is 0 Å². The Bertz CT molecular complexity index is 739. The number of nitrogens with one attached hydrogen (secondary N) is 1. The van der Waals surface area contributed by atoms with Gasteiger partial charge in [0.2, 0.25) is 5.91 Å². The second kappa shape index (κ2) is 7.92. The highest BCUT2D eigenvalue weighted by Gasteiger charge is 2.41. The molecule has 6 nitrogen and oxygen atoms in total. The van der Waals surface area contributed by atoms with Crippen molar-refractivity contribution in [3.63, 3.8) is 0 Å². The summed E-state index contributed by atoms with van der Waals surface area (Å²) in [6.07, 6.45) is 2.06. The molecule has 0 atom stereocenters. The van der Waals surface area contributed by atoms with Crippen LogP contribution in [0.2, 0.25) is 0 Å². The lowest BCUT2D eigenvalue weighted by Crippen LogP contribution is -2.56. The summed E-state index contributed by atoms with van der Waals surface area (Å²) in [5, 5.41) is 0. The Kier molecular flexibility index (Phi) is 5.82. The van der Waals surface area contributed by atoms with Crippen molar-refractivity contribution in [1.29, 1.82) is 4.78 Å². The van der Waals surface area contributed by atoms with Crippen molar-refractivity contribution in [2.24, 2.45) is 0 Å². The predicted octanol–water partition coefficient (Wildman–Crippen LogP) is 2.42. The van der Waals surface area contributed by atoms with E-state index in [4.69, 9.17) is 14.3 Å². The maximum absolute atomic E-state index is 13.1. The van der Waals surface area contributed by atoms with Gasteiger partial charge < -0.3 is 14.4 Å². The Hall–Kier alpha value is -1.67. The second-order valence-electron chi connectivity index (χ2n) is 6.98. The zero-order valence-corrected chi connectivity index (χ0v) is 15.6. The molecular weight excluding hydrogens is 359 g/mol. The molecule has 8 heteroatoms. The Balaban J connectivity index is 1.44. The molecule has 1 aromatic carbocycles. The Morgan fingerprint density at radius 3 is 2.88 bits per heavy atom. The van der Waals surface area contributed by atoms with Crippen molar-refractivity contribution >= 4 is 15.6 Å². The second-order valence-corrected chi connectivity index (χ2v) is 9.42. The molecule has 3 rings (SSSR count). The van der Waals surface area contributed by atoms with E-state index in [9.17, 15) is 13.4 Å². The lowest BCUT2D eigenvalue weighted by atomic mass is 9.94. The number of amides is 1. The molecule has 0 unspecified atom stereocenters. The standard InChI is InChI=1S/C18H25FN2O4S/c19-15-3-1-4-16(13-15)24-9-2-5-17(22)21-8-10-25-18(14-21)6-11-26(20,23)12-7-18/h1,3-4,13,20H,2,5-12,14H2. The zero-order valence-electron chi connectivity index (χ0n) is 14.7. The number of nitrogens with zero attached hydrogens (tertiary/aromatic N) is 1. The molecule has 0 aliphatic carbocycles. The average molecular weight is 384 g/mol. The van der Waals surface area contributed by atoms with E-state index in [1.807, 2.05) is 4.90 Å². The van der Waals surface area contributed by atoms with Crippen molar-refractivity contribution < 1.29 is 22.9 Å². The summed E-state index contributed by atoms with van der Waals surface area (Å²) in [6.45, 7) is 1.89. The van der Waals surface area contributed by atoms with Crippen molar-refractivity contribution in [3.05, 3.63) is 30.1 Å². The summed E-state index contributed by atoms with van der Waals surface area (Å²) < 4.78 is 44.0. The van der Waals surface area contributed by atoms with Crippen LogP contribution in [0.15, 0.2) is 24.3 Å². The first-order valence-electron chi connectivity index (χ1n) is 8.92. The molecule has 2 saturated heterocycles. The van der Waals surface area contributed by atoms with Crippen molar-refractivity contribution in [2.45, 2.75) is 31.3 Å². The SMILES string of the molecule is N=S1(=O)CCC2(CC1)CN(C(=O)CCCOc1cccc(F)c1)CCO2. The highest BCUT2D eigenvalue weighted by molar-refractivity contribution is 7.92. The number of ether oxygens (including phenoxy) is 2. The third-order valence-corrected chi connectivity index (χ3v) is 6.70. The fourth-order valence-corrected chi connectivity index (χ4v) is 5.02. The molecule has 1 spiro atoms. The van der Waals surface area contributed by atoms with Gasteiger partial charge in [0.25, 0.3) is 0 Å². The van der Waals surface area contributed by atoms with Gasteiger partial charge in [0.05, 0.1) is 18.8 Å². The van der Waals surface area contributed by atoms with E-state index in [0.29, 0.717) is 69.2 Å². The lowest BCUT2D eigenvalue weighted by Gasteiger charge is -2.45. The van der Waals surface area contributed by atoms with E-state index in [1.165, 1.54) is 12.1 Å². The third-order valence-electron chi connectivity index (χ3n) is 4.98. The minimum atomic E-state index is -2.47. The summed E-state index contributed by atoms with van der Waals surface area (Å²) in [5.74, 6) is 0.852. The highest BCUT2D eigenvalue weighted by atomic mass is 32.2. The fraction of sp³-hybridized carbons (Fsp3) is 0.611. The fourth-order valence-electron chi connectivity index (χ4n) is 3.42. The number of rotatable bonds is 5. The Morgan fingerprint density at radius 2 is 2.15 bits per heavy atom. The van der Waals surface area contributed by atoms with Crippen LogP contribution in [-0.4, -0.2) is 58.4 Å². The molecule has 1 N–H and O–H groups in total. The monoisotopic (exact) mass is 384 g/mol. The van der Waals surface area contributed by atoms with E-state index in [1.54, 1.807) is 12.1 Å². The maximum atomic E-state index is 13.1. The van der Waals surface area contributed by atoms with Gasteiger partial charge >= 0.3 is 0 Å². The van der Waals surface area contributed by atoms with Crippen LogP contribution in [0.5, 0.6) is 5.75 Å². The number of carbonyl (C=O) groups excluding carboxylic acids is 1. The van der Waals surface area contributed by atoms with Gasteiger partial charge in [-0.15, -0.1) is 0 Å². The van der Waals surface area contributed by atoms with Gasteiger partial charge in [-0.1, -0.05) is 6.07 Å². The topological polar surface area (TPSA) is 79.7 Å². The molecule has 2 aliphatic rings. The van der Waals surface area contributed by atoms with E-state index in [0.717, 1.165) is 0 Å². The molecule has 2 aliphatic heterocycles. The van der Waals surface area contributed by atoms with Gasteiger partial charge in [-0.25, -0.2) is 8.60 Å². The molecule has 0 radical (unpaired) electrons. The average Bonchev–Trinajstić information content (AvgIpc) is 2.62. The number of hydrogen-bond acceptors (Lipinski definition) is 5. The molecular formula is C18H25FN2O4S. The summed E-state index contributed by atoms with van der Waals surface area (Å²) in [6, 6.07) is 5.95. The number of morpholine rings is 1. The molecule has 2 heterocycles. The Labute approximate surface area is 153 Å². The van der Waals surface area contributed by atoms with Gasteiger partial charge in [0.15, 0.2) is 0 Å². The first-order chi connectivity index (χ1) is 12.4. The van der Waals surface area contributed by atoms with E-state index in [-0.39, 0.29) is 11.7 Å². The molecule has 0 aromatic heterocycles. The number of hydrogen-bond donors (Lipinski definition) is 1. The van der Waals surface area contributed by atoms with Crippen LogP contribution in [0.25, 0.3) is 0 Å². The predicted molar refractivity (Wildman–Crippen MR) is 96.2 cm³/mol. The molecule has 144 valence electrons. The Morgan fingerprint density at radius 1 is 1.38 bits per heavy atom. The van der Waals surface area contributed by atoms with Crippen LogP contribution in [0.1, 0.15) is 25.7 Å².